The van der Waals surface area contributed by atoms with Gasteiger partial charge in [0.05, 0.1) is 12.1 Å². The molecule has 1 atom stereocenters. The molecule has 0 aliphatic carbocycles. The van der Waals surface area contributed by atoms with Crippen LogP contribution in [0.1, 0.15) is 17.2 Å². The van der Waals surface area contributed by atoms with Crippen LogP contribution in [0, 0.1) is 5.82 Å². The zero-order chi connectivity index (χ0) is 13.1. The van der Waals surface area contributed by atoms with E-state index in [-0.39, 0.29) is 5.75 Å². The van der Waals surface area contributed by atoms with Crippen molar-refractivity contribution in [1.29, 1.82) is 0 Å². The third kappa shape index (κ3) is 2.44. The number of rotatable bonds is 3. The van der Waals surface area contributed by atoms with Crippen molar-refractivity contribution in [2.75, 3.05) is 7.11 Å². The zero-order valence-corrected chi connectivity index (χ0v) is 10.4. The van der Waals surface area contributed by atoms with Crippen molar-refractivity contribution < 1.29 is 14.2 Å². The number of hydrogen-bond acceptors (Lipinski definition) is 3. The van der Waals surface area contributed by atoms with Crippen molar-refractivity contribution >= 4 is 11.6 Å². The van der Waals surface area contributed by atoms with E-state index >= 15 is 0 Å². The highest BCUT2D eigenvalue weighted by atomic mass is 35.5. The lowest BCUT2D eigenvalue weighted by Gasteiger charge is -2.13. The smallest absolute Gasteiger partial charge is 0.165 e. The fourth-order valence-corrected chi connectivity index (χ4v) is 1.86. The quantitative estimate of drug-likeness (QED) is 0.930. The molecule has 5 heteroatoms. The second kappa shape index (κ2) is 5.33. The molecule has 0 saturated carbocycles. The van der Waals surface area contributed by atoms with Gasteiger partial charge in [-0.25, -0.2) is 4.39 Å². The molecule has 0 fully saturated rings. The molecule has 0 bridgehead atoms. The summed E-state index contributed by atoms with van der Waals surface area (Å²) in [5.41, 5.74) is 0.887. The Morgan fingerprint density at radius 2 is 2.17 bits per heavy atom. The number of nitrogens with zero attached hydrogens (tertiary/aromatic N) is 1. The van der Waals surface area contributed by atoms with Crippen LogP contribution in [0.15, 0.2) is 36.7 Å². The second-order valence-electron chi connectivity index (χ2n) is 3.69. The molecular weight excluding hydrogens is 257 g/mol. The molecule has 1 N–H and O–H groups in total. The van der Waals surface area contributed by atoms with Gasteiger partial charge in [0.25, 0.3) is 0 Å². The van der Waals surface area contributed by atoms with Crippen LogP contribution < -0.4 is 4.74 Å². The van der Waals surface area contributed by atoms with Crippen molar-refractivity contribution in [3.63, 3.8) is 0 Å². The minimum absolute atomic E-state index is 0.131. The van der Waals surface area contributed by atoms with Gasteiger partial charge < -0.3 is 9.84 Å². The number of benzene rings is 1. The first-order valence-electron chi connectivity index (χ1n) is 5.24. The summed E-state index contributed by atoms with van der Waals surface area (Å²) in [6, 6.07) is 5.86. The Morgan fingerprint density at radius 3 is 2.78 bits per heavy atom. The van der Waals surface area contributed by atoms with E-state index in [1.807, 2.05) is 0 Å². The molecule has 0 radical (unpaired) electrons. The Balaban J connectivity index is 2.37. The van der Waals surface area contributed by atoms with Crippen LogP contribution in [0.3, 0.4) is 0 Å². The first kappa shape index (κ1) is 12.8. The van der Waals surface area contributed by atoms with Gasteiger partial charge in [0.1, 0.15) is 6.10 Å². The van der Waals surface area contributed by atoms with E-state index < -0.39 is 11.9 Å². The molecule has 2 aromatic rings. The Hall–Kier alpha value is -1.65. The molecule has 3 nitrogen and oxygen atoms in total. The van der Waals surface area contributed by atoms with Gasteiger partial charge in [-0.1, -0.05) is 17.7 Å². The van der Waals surface area contributed by atoms with Gasteiger partial charge in [-0.05, 0) is 23.8 Å². The molecule has 2 rings (SSSR count). The van der Waals surface area contributed by atoms with Crippen LogP contribution >= 0.6 is 11.6 Å². The summed E-state index contributed by atoms with van der Waals surface area (Å²) >= 11 is 5.93. The van der Waals surface area contributed by atoms with Gasteiger partial charge in [0.15, 0.2) is 11.6 Å². The average molecular weight is 268 g/mol. The van der Waals surface area contributed by atoms with Crippen LogP contribution in [0.4, 0.5) is 4.39 Å². The van der Waals surface area contributed by atoms with Crippen molar-refractivity contribution in [3.05, 3.63) is 58.6 Å². The molecule has 94 valence electrons. The topological polar surface area (TPSA) is 42.4 Å². The summed E-state index contributed by atoms with van der Waals surface area (Å²) in [7, 11) is 1.38. The highest BCUT2D eigenvalue weighted by Crippen LogP contribution is 2.29. The lowest BCUT2D eigenvalue weighted by molar-refractivity contribution is 0.219. The van der Waals surface area contributed by atoms with Crippen molar-refractivity contribution in [1.82, 2.24) is 4.98 Å². The van der Waals surface area contributed by atoms with Gasteiger partial charge in [0.2, 0.25) is 0 Å². The maximum atomic E-state index is 13.5. The van der Waals surface area contributed by atoms with Gasteiger partial charge in [-0.3, -0.25) is 4.98 Å². The van der Waals surface area contributed by atoms with Crippen LogP contribution in [0.2, 0.25) is 5.02 Å². The largest absolute Gasteiger partial charge is 0.494 e. The van der Waals surface area contributed by atoms with Gasteiger partial charge >= 0.3 is 0 Å². The van der Waals surface area contributed by atoms with E-state index in [2.05, 4.69) is 4.98 Å². The molecule has 1 aromatic heterocycles. The lowest BCUT2D eigenvalue weighted by atomic mass is 10.0. The summed E-state index contributed by atoms with van der Waals surface area (Å²) in [5, 5.41) is 10.5. The minimum Gasteiger partial charge on any atom is -0.494 e. The fraction of sp³-hybridized carbons (Fsp3) is 0.154. The number of methoxy groups -OCH3 is 1. The summed E-state index contributed by atoms with van der Waals surface area (Å²) in [4.78, 5) is 3.83. The Kier molecular flexibility index (Phi) is 3.79. The van der Waals surface area contributed by atoms with Crippen LogP contribution in [0.5, 0.6) is 5.75 Å². The van der Waals surface area contributed by atoms with Gasteiger partial charge in [-0.2, -0.15) is 0 Å². The van der Waals surface area contributed by atoms with E-state index in [1.54, 1.807) is 12.1 Å². The highest BCUT2D eigenvalue weighted by Gasteiger charge is 2.15. The standard InChI is InChI=1S/C13H11ClFNO2/c1-18-12-3-2-8(6-11(12)15)13(17)9-4-5-16-7-10(9)14/h2-7,13,17H,1H3. The fourth-order valence-electron chi connectivity index (χ4n) is 1.64. The van der Waals surface area contributed by atoms with Crippen LogP contribution in [-0.4, -0.2) is 17.2 Å². The van der Waals surface area contributed by atoms with E-state index in [9.17, 15) is 9.50 Å². The molecule has 0 saturated heterocycles. The summed E-state index contributed by atoms with van der Waals surface area (Å²) < 4.78 is 18.4. The number of halogens is 2. The second-order valence-corrected chi connectivity index (χ2v) is 4.10. The molecule has 1 heterocycles. The number of aliphatic hydroxyl groups is 1. The average Bonchev–Trinajstić information content (AvgIpc) is 2.38. The monoisotopic (exact) mass is 267 g/mol. The predicted molar refractivity (Wildman–Crippen MR) is 66.3 cm³/mol. The molecule has 1 aromatic carbocycles. The maximum absolute atomic E-state index is 13.5. The summed E-state index contributed by atoms with van der Waals surface area (Å²) in [6.45, 7) is 0. The molecular formula is C13H11ClFNO2. The molecule has 0 aliphatic heterocycles. The van der Waals surface area contributed by atoms with Crippen molar-refractivity contribution in [3.8, 4) is 5.75 Å². The van der Waals surface area contributed by atoms with Crippen molar-refractivity contribution in [2.45, 2.75) is 6.10 Å². The van der Waals surface area contributed by atoms with Gasteiger partial charge in [-0.15, -0.1) is 0 Å². The Bertz CT molecular complexity index is 562. The Labute approximate surface area is 109 Å². The zero-order valence-electron chi connectivity index (χ0n) is 9.60. The Morgan fingerprint density at radius 1 is 1.39 bits per heavy atom. The number of aliphatic hydroxyl groups excluding tert-OH is 1. The summed E-state index contributed by atoms with van der Waals surface area (Å²) in [5.74, 6) is -0.397. The maximum Gasteiger partial charge on any atom is 0.165 e. The third-order valence-corrected chi connectivity index (χ3v) is 2.91. The highest BCUT2D eigenvalue weighted by molar-refractivity contribution is 6.31. The lowest BCUT2D eigenvalue weighted by Crippen LogP contribution is -2.02. The number of aromatic nitrogens is 1. The molecule has 0 spiro atoms. The third-order valence-electron chi connectivity index (χ3n) is 2.59. The van der Waals surface area contributed by atoms with Crippen LogP contribution in [0.25, 0.3) is 0 Å². The molecule has 18 heavy (non-hydrogen) atoms. The SMILES string of the molecule is COc1ccc(C(O)c2ccncc2Cl)cc1F. The molecule has 0 amide bonds. The number of pyridine rings is 1. The normalized spacial score (nSPS) is 12.2. The summed E-state index contributed by atoms with van der Waals surface area (Å²) in [6.07, 6.45) is 1.95. The van der Waals surface area contributed by atoms with Crippen molar-refractivity contribution in [2.24, 2.45) is 0 Å². The van der Waals surface area contributed by atoms with E-state index in [0.29, 0.717) is 16.1 Å². The van der Waals surface area contributed by atoms with E-state index in [1.165, 1.54) is 31.6 Å². The van der Waals surface area contributed by atoms with Gasteiger partial charge in [0, 0.05) is 18.0 Å². The first-order valence-corrected chi connectivity index (χ1v) is 5.62. The number of hydrogen-bond donors (Lipinski definition) is 1. The van der Waals surface area contributed by atoms with Crippen LogP contribution in [-0.2, 0) is 0 Å². The molecule has 0 aliphatic rings. The van der Waals surface area contributed by atoms with E-state index in [4.69, 9.17) is 16.3 Å². The minimum atomic E-state index is -0.999. The first-order chi connectivity index (χ1) is 8.63. The van der Waals surface area contributed by atoms with E-state index in [0.717, 1.165) is 0 Å². The number of ether oxygens (including phenoxy) is 1. The molecule has 1 unspecified atom stereocenters. The predicted octanol–water partition coefficient (Wildman–Crippen LogP) is 2.96.